The lowest BCUT2D eigenvalue weighted by Crippen LogP contribution is -2.35. The third-order valence-electron chi connectivity index (χ3n) is 4.55. The Hall–Kier alpha value is -2.63. The quantitative estimate of drug-likeness (QED) is 0.657. The van der Waals surface area contributed by atoms with E-state index in [-0.39, 0.29) is 22.4 Å². The number of carbonyl (C=O) groups is 1. The molecule has 1 aliphatic heterocycles. The van der Waals surface area contributed by atoms with E-state index in [0.717, 1.165) is 24.3 Å². The summed E-state index contributed by atoms with van der Waals surface area (Å²) >= 11 is 1.45. The molecule has 0 unspecified atom stereocenters. The smallest absolute Gasteiger partial charge is 0.322 e. The number of hydrogen-bond acceptors (Lipinski definition) is 8. The van der Waals surface area contributed by atoms with Gasteiger partial charge in [0.1, 0.15) is 5.69 Å². The summed E-state index contributed by atoms with van der Waals surface area (Å²) in [6.45, 7) is 2.92. The number of aromatic nitrogens is 3. The van der Waals surface area contributed by atoms with E-state index in [1.807, 2.05) is 6.92 Å². The van der Waals surface area contributed by atoms with Crippen LogP contribution in [0.15, 0.2) is 39.0 Å². The summed E-state index contributed by atoms with van der Waals surface area (Å²) in [5, 5.41) is 12.8. The minimum Gasteiger partial charge on any atom is -0.401 e. The zero-order valence-electron chi connectivity index (χ0n) is 15.7. The summed E-state index contributed by atoms with van der Waals surface area (Å²) in [4.78, 5) is 16.8. The molecule has 29 heavy (non-hydrogen) atoms. The van der Waals surface area contributed by atoms with E-state index in [9.17, 15) is 13.2 Å². The highest BCUT2D eigenvalue weighted by atomic mass is 32.2. The third kappa shape index (κ3) is 4.21. The van der Waals surface area contributed by atoms with Crippen molar-refractivity contribution in [3.63, 3.8) is 0 Å². The van der Waals surface area contributed by atoms with Crippen LogP contribution in [0.5, 0.6) is 0 Å². The fourth-order valence-electron chi connectivity index (χ4n) is 3.04. The highest BCUT2D eigenvalue weighted by Crippen LogP contribution is 2.23. The number of sulfonamides is 1. The van der Waals surface area contributed by atoms with E-state index in [0.29, 0.717) is 18.8 Å². The highest BCUT2D eigenvalue weighted by molar-refractivity contribution is 7.89. The average molecular weight is 434 g/mol. The Morgan fingerprint density at radius 3 is 2.52 bits per heavy atom. The lowest BCUT2D eigenvalue weighted by molar-refractivity contribution is 0.102. The summed E-state index contributed by atoms with van der Waals surface area (Å²) in [5.74, 6) is -0.260. The molecule has 0 saturated carbocycles. The molecule has 0 atom stereocenters. The molecular formula is C18H19N5O4S2. The number of carbonyl (C=O) groups excluding carboxylic acids is 1. The molecule has 3 heterocycles. The zero-order chi connectivity index (χ0) is 20.4. The van der Waals surface area contributed by atoms with Gasteiger partial charge in [-0.25, -0.2) is 13.4 Å². The van der Waals surface area contributed by atoms with Gasteiger partial charge in [0, 0.05) is 24.0 Å². The Bertz CT molecular complexity index is 1120. The molecule has 2 aromatic heterocycles. The van der Waals surface area contributed by atoms with Crippen molar-refractivity contribution in [2.75, 3.05) is 18.4 Å². The molecule has 0 spiro atoms. The van der Waals surface area contributed by atoms with Gasteiger partial charge in [-0.2, -0.15) is 4.31 Å². The largest absolute Gasteiger partial charge is 0.401 e. The summed E-state index contributed by atoms with van der Waals surface area (Å²) in [6.07, 6.45) is 2.78. The van der Waals surface area contributed by atoms with E-state index in [4.69, 9.17) is 4.42 Å². The number of nitrogens with zero attached hydrogens (tertiary/aromatic N) is 4. The predicted octanol–water partition coefficient (Wildman–Crippen LogP) is 2.93. The van der Waals surface area contributed by atoms with Gasteiger partial charge < -0.3 is 4.42 Å². The van der Waals surface area contributed by atoms with Crippen LogP contribution in [0, 0.1) is 6.92 Å². The molecule has 0 radical (unpaired) electrons. The molecule has 1 N–H and O–H groups in total. The Kier molecular flexibility index (Phi) is 5.43. The minimum atomic E-state index is -3.53. The van der Waals surface area contributed by atoms with Crippen molar-refractivity contribution >= 4 is 33.3 Å². The van der Waals surface area contributed by atoms with Crippen molar-refractivity contribution in [2.45, 2.75) is 31.1 Å². The molecular weight excluding hydrogens is 414 g/mol. The molecule has 3 aromatic rings. The molecule has 1 aromatic carbocycles. The van der Waals surface area contributed by atoms with Gasteiger partial charge in [-0.3, -0.25) is 10.1 Å². The second-order valence-electron chi connectivity index (χ2n) is 6.61. The first kappa shape index (κ1) is 19.7. The monoisotopic (exact) mass is 433 g/mol. The van der Waals surface area contributed by atoms with Gasteiger partial charge in [-0.15, -0.1) is 16.4 Å². The van der Waals surface area contributed by atoms with E-state index >= 15 is 0 Å². The fraction of sp³-hybridized carbons (Fsp3) is 0.333. The second kappa shape index (κ2) is 8.01. The van der Waals surface area contributed by atoms with E-state index in [2.05, 4.69) is 20.5 Å². The van der Waals surface area contributed by atoms with Gasteiger partial charge >= 0.3 is 6.01 Å². The van der Waals surface area contributed by atoms with Crippen LogP contribution in [-0.2, 0) is 10.0 Å². The van der Waals surface area contributed by atoms with Gasteiger partial charge in [0.2, 0.25) is 10.0 Å². The number of nitrogens with one attached hydrogen (secondary N) is 1. The van der Waals surface area contributed by atoms with E-state index in [1.165, 1.54) is 39.9 Å². The SMILES string of the molecule is Cc1nc(-c2nnc(NC(=O)c3ccc(S(=O)(=O)N4CCCCC4)cc3)o2)cs1. The van der Waals surface area contributed by atoms with Gasteiger partial charge in [0.15, 0.2) is 0 Å². The first-order chi connectivity index (χ1) is 13.9. The number of amides is 1. The summed E-state index contributed by atoms with van der Waals surface area (Å²) in [5.41, 5.74) is 0.833. The van der Waals surface area contributed by atoms with Crippen LogP contribution in [0.2, 0.25) is 0 Å². The first-order valence-corrected chi connectivity index (χ1v) is 11.4. The minimum absolute atomic E-state index is 0.0549. The van der Waals surface area contributed by atoms with Crippen LogP contribution in [0.3, 0.4) is 0 Å². The number of benzene rings is 1. The molecule has 1 saturated heterocycles. The number of thiazole rings is 1. The Labute approximate surface area is 171 Å². The van der Waals surface area contributed by atoms with Crippen LogP contribution >= 0.6 is 11.3 Å². The number of rotatable bonds is 5. The molecule has 152 valence electrons. The highest BCUT2D eigenvalue weighted by Gasteiger charge is 2.26. The van der Waals surface area contributed by atoms with E-state index < -0.39 is 15.9 Å². The lowest BCUT2D eigenvalue weighted by atomic mass is 10.2. The normalized spacial score (nSPS) is 15.3. The van der Waals surface area contributed by atoms with Crippen LogP contribution in [0.1, 0.15) is 34.6 Å². The maximum atomic E-state index is 12.7. The summed E-state index contributed by atoms with van der Waals surface area (Å²) in [7, 11) is -3.53. The molecule has 1 amide bonds. The topological polar surface area (TPSA) is 118 Å². The lowest BCUT2D eigenvalue weighted by Gasteiger charge is -2.25. The predicted molar refractivity (Wildman–Crippen MR) is 107 cm³/mol. The molecule has 0 bridgehead atoms. The summed E-state index contributed by atoms with van der Waals surface area (Å²) in [6, 6.07) is 5.76. The molecule has 0 aliphatic carbocycles. The Morgan fingerprint density at radius 1 is 1.14 bits per heavy atom. The number of aryl methyl sites for hydroxylation is 1. The zero-order valence-corrected chi connectivity index (χ0v) is 17.3. The molecule has 4 rings (SSSR count). The van der Waals surface area contributed by atoms with Crippen LogP contribution in [0.4, 0.5) is 6.01 Å². The average Bonchev–Trinajstić information content (AvgIpc) is 3.37. The van der Waals surface area contributed by atoms with Gasteiger partial charge in [-0.1, -0.05) is 11.5 Å². The van der Waals surface area contributed by atoms with Crippen LogP contribution < -0.4 is 5.32 Å². The van der Waals surface area contributed by atoms with Crippen LogP contribution in [-0.4, -0.2) is 46.9 Å². The molecule has 1 fully saturated rings. The van der Waals surface area contributed by atoms with Crippen molar-refractivity contribution in [1.82, 2.24) is 19.5 Å². The Morgan fingerprint density at radius 2 is 1.86 bits per heavy atom. The standard InChI is InChI=1S/C18H19N5O4S2/c1-12-19-15(11-28-12)17-21-22-18(27-17)20-16(24)13-5-7-14(8-6-13)29(25,26)23-9-3-2-4-10-23/h5-8,11H,2-4,9-10H2,1H3,(H,20,22,24). The maximum absolute atomic E-state index is 12.7. The van der Waals surface area contributed by atoms with Crippen molar-refractivity contribution in [3.05, 3.63) is 40.2 Å². The van der Waals surface area contributed by atoms with Crippen molar-refractivity contribution in [1.29, 1.82) is 0 Å². The van der Waals surface area contributed by atoms with Crippen molar-refractivity contribution in [2.24, 2.45) is 0 Å². The van der Waals surface area contributed by atoms with Crippen molar-refractivity contribution < 1.29 is 17.6 Å². The third-order valence-corrected chi connectivity index (χ3v) is 7.24. The second-order valence-corrected chi connectivity index (χ2v) is 9.61. The van der Waals surface area contributed by atoms with Gasteiger partial charge in [0.25, 0.3) is 11.8 Å². The van der Waals surface area contributed by atoms with Crippen LogP contribution in [0.25, 0.3) is 11.6 Å². The van der Waals surface area contributed by atoms with Gasteiger partial charge in [0.05, 0.1) is 9.90 Å². The molecule has 9 nitrogen and oxygen atoms in total. The van der Waals surface area contributed by atoms with E-state index in [1.54, 1.807) is 5.38 Å². The maximum Gasteiger partial charge on any atom is 0.322 e. The number of hydrogen-bond donors (Lipinski definition) is 1. The molecule has 1 aliphatic rings. The number of piperidine rings is 1. The van der Waals surface area contributed by atoms with Gasteiger partial charge in [-0.05, 0) is 44.0 Å². The first-order valence-electron chi connectivity index (χ1n) is 9.11. The fourth-order valence-corrected chi connectivity index (χ4v) is 5.14. The van der Waals surface area contributed by atoms with Crippen molar-refractivity contribution in [3.8, 4) is 11.6 Å². The molecule has 11 heteroatoms. The summed E-state index contributed by atoms with van der Waals surface area (Å²) < 4.78 is 32.3. The Balaban J connectivity index is 1.45. The number of anilines is 1.